The molecule has 0 aromatic carbocycles. The van der Waals surface area contributed by atoms with E-state index >= 15 is 0 Å². The second-order valence-electron chi connectivity index (χ2n) is 6.96. The Labute approximate surface area is 154 Å². The molecule has 2 atom stereocenters. The number of likely N-dealkylation sites (N-methyl/N-ethyl adjacent to an activating group) is 1. The van der Waals surface area contributed by atoms with Gasteiger partial charge in [0.15, 0.2) is 0 Å². The Bertz CT molecular complexity index is 667. The lowest BCUT2D eigenvalue weighted by Crippen LogP contribution is -3.14. The molecule has 8 heteroatoms. The van der Waals surface area contributed by atoms with E-state index in [9.17, 15) is 13.2 Å². The van der Waals surface area contributed by atoms with E-state index in [2.05, 4.69) is 12.2 Å². The number of nitrogens with one attached hydrogen (secondary N) is 2. The summed E-state index contributed by atoms with van der Waals surface area (Å²) < 4.78 is 27.0. The summed E-state index contributed by atoms with van der Waals surface area (Å²) >= 11 is 1.24. The summed E-state index contributed by atoms with van der Waals surface area (Å²) in [6, 6.07) is 3.93. The van der Waals surface area contributed by atoms with E-state index in [1.807, 2.05) is 0 Å². The lowest BCUT2D eigenvalue weighted by molar-refractivity contribution is -0.909. The van der Waals surface area contributed by atoms with Crippen LogP contribution in [0.1, 0.15) is 32.6 Å². The van der Waals surface area contributed by atoms with E-state index in [4.69, 9.17) is 0 Å². The molecule has 2 aliphatic heterocycles. The predicted octanol–water partition coefficient (Wildman–Crippen LogP) is 0.332. The normalized spacial score (nSPS) is 26.0. The zero-order valence-electron chi connectivity index (χ0n) is 14.7. The third kappa shape index (κ3) is 4.24. The van der Waals surface area contributed by atoms with Crippen molar-refractivity contribution in [2.24, 2.45) is 5.92 Å². The highest BCUT2D eigenvalue weighted by atomic mass is 32.2. The summed E-state index contributed by atoms with van der Waals surface area (Å²) in [5.74, 6) is 0.0248. The van der Waals surface area contributed by atoms with Gasteiger partial charge in [0.05, 0.1) is 19.6 Å². The molecule has 140 valence electrons. The number of carbonyl (C=O) groups excluding carboxylic acids is 1. The van der Waals surface area contributed by atoms with Crippen LogP contribution in [-0.4, -0.2) is 57.4 Å². The number of carbonyl (C=O) groups is 1. The van der Waals surface area contributed by atoms with Crippen molar-refractivity contribution in [3.63, 3.8) is 0 Å². The minimum atomic E-state index is -3.39. The van der Waals surface area contributed by atoms with Gasteiger partial charge in [-0.1, -0.05) is 6.07 Å². The van der Waals surface area contributed by atoms with Gasteiger partial charge in [0.2, 0.25) is 5.91 Å². The van der Waals surface area contributed by atoms with Crippen LogP contribution in [-0.2, 0) is 14.8 Å². The Morgan fingerprint density at radius 1 is 1.36 bits per heavy atom. The molecule has 2 N–H and O–H groups in total. The van der Waals surface area contributed by atoms with E-state index in [1.54, 1.807) is 22.4 Å². The summed E-state index contributed by atoms with van der Waals surface area (Å²) in [4.78, 5) is 14.0. The molecule has 3 rings (SSSR count). The number of thiophene rings is 1. The van der Waals surface area contributed by atoms with Crippen molar-refractivity contribution in [1.29, 1.82) is 0 Å². The molecule has 0 radical (unpaired) electrons. The van der Waals surface area contributed by atoms with Crippen LogP contribution < -0.4 is 10.2 Å². The Morgan fingerprint density at radius 2 is 2.12 bits per heavy atom. The topological polar surface area (TPSA) is 70.9 Å². The Morgan fingerprint density at radius 3 is 2.76 bits per heavy atom. The molecule has 0 bridgehead atoms. The highest BCUT2D eigenvalue weighted by Crippen LogP contribution is 2.26. The van der Waals surface area contributed by atoms with Crippen molar-refractivity contribution >= 4 is 27.3 Å². The van der Waals surface area contributed by atoms with Crippen LogP contribution in [0, 0.1) is 5.92 Å². The molecule has 2 fully saturated rings. The van der Waals surface area contributed by atoms with Crippen molar-refractivity contribution in [3.8, 4) is 0 Å². The smallest absolute Gasteiger partial charge is 0.252 e. The average Bonchev–Trinajstić information content (AvgIpc) is 3.31. The van der Waals surface area contributed by atoms with Gasteiger partial charge >= 0.3 is 0 Å². The number of hydrogen-bond donors (Lipinski definition) is 2. The molecule has 6 nitrogen and oxygen atoms in total. The fourth-order valence-corrected chi connectivity index (χ4v) is 6.57. The van der Waals surface area contributed by atoms with Crippen LogP contribution in [0.15, 0.2) is 21.7 Å². The van der Waals surface area contributed by atoms with E-state index in [1.165, 1.54) is 35.0 Å². The van der Waals surface area contributed by atoms with E-state index in [0.717, 1.165) is 13.1 Å². The van der Waals surface area contributed by atoms with Gasteiger partial charge in [-0.2, -0.15) is 4.31 Å². The van der Waals surface area contributed by atoms with Gasteiger partial charge in [-0.05, 0) is 31.2 Å². The van der Waals surface area contributed by atoms with Crippen LogP contribution in [0.5, 0.6) is 0 Å². The molecule has 2 aliphatic rings. The fourth-order valence-electron chi connectivity index (χ4n) is 3.96. The number of piperidine rings is 1. The Kier molecular flexibility index (Phi) is 6.14. The molecule has 1 unspecified atom stereocenters. The predicted molar refractivity (Wildman–Crippen MR) is 98.2 cm³/mol. The van der Waals surface area contributed by atoms with Crippen molar-refractivity contribution in [2.45, 2.75) is 42.9 Å². The van der Waals surface area contributed by atoms with Crippen molar-refractivity contribution in [3.05, 3.63) is 17.5 Å². The summed E-state index contributed by atoms with van der Waals surface area (Å²) in [6.07, 6.45) is 3.63. The molecule has 0 aliphatic carbocycles. The lowest BCUT2D eigenvalue weighted by atomic mass is 9.97. The van der Waals surface area contributed by atoms with Crippen LogP contribution in [0.2, 0.25) is 0 Å². The molecule has 25 heavy (non-hydrogen) atoms. The van der Waals surface area contributed by atoms with Crippen molar-refractivity contribution in [2.75, 3.05) is 32.7 Å². The van der Waals surface area contributed by atoms with E-state index in [0.29, 0.717) is 36.2 Å². The fraction of sp³-hybridized carbons (Fsp3) is 0.706. The lowest BCUT2D eigenvalue weighted by Gasteiger charge is -2.30. The number of likely N-dealkylation sites (tertiary alicyclic amines) is 1. The van der Waals surface area contributed by atoms with E-state index in [-0.39, 0.29) is 11.8 Å². The monoisotopic (exact) mass is 386 g/mol. The third-order valence-electron chi connectivity index (χ3n) is 5.52. The maximum absolute atomic E-state index is 12.5. The minimum absolute atomic E-state index is 0.0683. The first-order chi connectivity index (χ1) is 12.0. The number of hydrogen-bond acceptors (Lipinski definition) is 4. The quantitative estimate of drug-likeness (QED) is 0.740. The van der Waals surface area contributed by atoms with Gasteiger partial charge in [-0.3, -0.25) is 4.79 Å². The maximum atomic E-state index is 12.5. The first-order valence-electron chi connectivity index (χ1n) is 9.18. The van der Waals surface area contributed by atoms with Gasteiger partial charge in [-0.15, -0.1) is 11.3 Å². The van der Waals surface area contributed by atoms with Gasteiger partial charge in [0.25, 0.3) is 10.0 Å². The molecule has 0 spiro atoms. The van der Waals surface area contributed by atoms with Gasteiger partial charge in [0.1, 0.15) is 10.3 Å². The second-order valence-corrected chi connectivity index (χ2v) is 10.1. The van der Waals surface area contributed by atoms with Crippen LogP contribution in [0.3, 0.4) is 0 Å². The zero-order valence-corrected chi connectivity index (χ0v) is 16.4. The highest BCUT2D eigenvalue weighted by Gasteiger charge is 2.33. The zero-order chi connectivity index (χ0) is 17.9. The third-order valence-corrected chi connectivity index (χ3v) is 8.79. The molecule has 1 amide bonds. The second kappa shape index (κ2) is 8.16. The molecular formula is C17H28N3O3S2+. The largest absolute Gasteiger partial charge is 0.350 e. The standard InChI is InChI=1S/C17H27N3O3S2/c1-2-19-9-3-5-15(19)13-18-17(21)14-7-10-20(11-8-14)25(22,23)16-6-4-12-24-16/h4,6,12,14-15H,2-3,5,7-11,13H2,1H3,(H,18,21)/p+1/t15-/m0/s1. The first-order valence-corrected chi connectivity index (χ1v) is 11.5. The SMILES string of the molecule is CC[NH+]1CCC[C@H]1CNC(=O)C1CCN(S(=O)(=O)c2cccs2)CC1. The van der Waals surface area contributed by atoms with Gasteiger partial charge < -0.3 is 10.2 Å². The molecular weight excluding hydrogens is 358 g/mol. The molecule has 1 aromatic rings. The summed E-state index contributed by atoms with van der Waals surface area (Å²) in [6.45, 7) is 6.10. The highest BCUT2D eigenvalue weighted by molar-refractivity contribution is 7.91. The van der Waals surface area contributed by atoms with Crippen LogP contribution in [0.4, 0.5) is 0 Å². The molecule has 1 aromatic heterocycles. The van der Waals surface area contributed by atoms with Gasteiger partial charge in [-0.25, -0.2) is 8.42 Å². The van der Waals surface area contributed by atoms with Crippen molar-refractivity contribution in [1.82, 2.24) is 9.62 Å². The van der Waals surface area contributed by atoms with Crippen LogP contribution >= 0.6 is 11.3 Å². The first kappa shape index (κ1) is 18.8. The van der Waals surface area contributed by atoms with Crippen LogP contribution in [0.25, 0.3) is 0 Å². The Hall–Kier alpha value is -0.960. The average molecular weight is 387 g/mol. The number of nitrogens with zero attached hydrogens (tertiary/aromatic N) is 1. The van der Waals surface area contributed by atoms with Gasteiger partial charge in [0, 0.05) is 31.8 Å². The molecule has 3 heterocycles. The Balaban J connectivity index is 1.48. The maximum Gasteiger partial charge on any atom is 0.252 e. The van der Waals surface area contributed by atoms with E-state index < -0.39 is 10.0 Å². The number of sulfonamides is 1. The molecule has 0 saturated carbocycles. The number of amides is 1. The number of quaternary nitrogens is 1. The summed E-state index contributed by atoms with van der Waals surface area (Å²) in [5.41, 5.74) is 0. The summed E-state index contributed by atoms with van der Waals surface area (Å²) in [7, 11) is -3.39. The number of rotatable bonds is 6. The minimum Gasteiger partial charge on any atom is -0.350 e. The van der Waals surface area contributed by atoms with Crippen molar-refractivity contribution < 1.29 is 18.1 Å². The molecule has 2 saturated heterocycles. The summed E-state index contributed by atoms with van der Waals surface area (Å²) in [5, 5.41) is 4.89.